The van der Waals surface area contributed by atoms with Gasteiger partial charge in [-0.05, 0) is 58.9 Å². The minimum absolute atomic E-state index is 0.0833. The van der Waals surface area contributed by atoms with E-state index in [2.05, 4.69) is 10.2 Å². The van der Waals surface area contributed by atoms with Gasteiger partial charge in [0.05, 0.1) is 18.6 Å². The maximum atomic E-state index is 12.8. The molecule has 0 saturated carbocycles. The summed E-state index contributed by atoms with van der Waals surface area (Å²) in [7, 11) is 0. The highest BCUT2D eigenvalue weighted by atomic mass is 32.2. The summed E-state index contributed by atoms with van der Waals surface area (Å²) < 4.78 is 13.4. The molecule has 0 N–H and O–H groups in total. The number of rotatable bonds is 10. The van der Waals surface area contributed by atoms with Gasteiger partial charge in [0, 0.05) is 12.1 Å². The SMILES string of the molecule is Cc1ccc(OCc2nnc(SCC(=O)N(C(C)C)C(C)C)n2Cc2ccco2)cc1. The summed E-state index contributed by atoms with van der Waals surface area (Å²) >= 11 is 1.39. The average Bonchev–Trinajstić information content (AvgIpc) is 3.36. The van der Waals surface area contributed by atoms with Gasteiger partial charge in [-0.15, -0.1) is 10.2 Å². The molecule has 0 aliphatic rings. The van der Waals surface area contributed by atoms with Crippen molar-refractivity contribution in [2.75, 3.05) is 5.75 Å². The van der Waals surface area contributed by atoms with E-state index in [0.29, 0.717) is 23.3 Å². The van der Waals surface area contributed by atoms with Crippen LogP contribution in [-0.4, -0.2) is 43.4 Å². The van der Waals surface area contributed by atoms with Crippen molar-refractivity contribution in [1.82, 2.24) is 19.7 Å². The Bertz CT molecular complexity index is 957. The third-order valence-corrected chi connectivity index (χ3v) is 5.75. The topological polar surface area (TPSA) is 73.4 Å². The lowest BCUT2D eigenvalue weighted by Gasteiger charge is -2.30. The van der Waals surface area contributed by atoms with Gasteiger partial charge in [0.2, 0.25) is 5.91 Å². The molecule has 0 atom stereocenters. The van der Waals surface area contributed by atoms with Gasteiger partial charge in [-0.1, -0.05) is 29.5 Å². The van der Waals surface area contributed by atoms with Crippen LogP contribution in [-0.2, 0) is 17.9 Å². The summed E-state index contributed by atoms with van der Waals surface area (Å²) in [5.41, 5.74) is 1.17. The van der Waals surface area contributed by atoms with Gasteiger partial charge in [0.25, 0.3) is 0 Å². The molecule has 0 aliphatic heterocycles. The Morgan fingerprint density at radius 1 is 1.13 bits per heavy atom. The van der Waals surface area contributed by atoms with Gasteiger partial charge < -0.3 is 14.1 Å². The van der Waals surface area contributed by atoms with Crippen LogP contribution in [0.1, 0.15) is 44.8 Å². The number of benzene rings is 1. The molecular formula is C23H30N4O3S. The van der Waals surface area contributed by atoms with Crippen molar-refractivity contribution >= 4 is 17.7 Å². The minimum atomic E-state index is 0.0833. The fourth-order valence-electron chi connectivity index (χ4n) is 3.41. The van der Waals surface area contributed by atoms with E-state index in [1.165, 1.54) is 17.3 Å². The van der Waals surface area contributed by atoms with Crippen LogP contribution in [0.4, 0.5) is 0 Å². The van der Waals surface area contributed by atoms with E-state index in [1.54, 1.807) is 6.26 Å². The molecule has 0 unspecified atom stereocenters. The summed E-state index contributed by atoms with van der Waals surface area (Å²) in [5.74, 6) is 2.62. The second-order valence-electron chi connectivity index (χ2n) is 7.94. The molecule has 0 aliphatic carbocycles. The Labute approximate surface area is 187 Å². The van der Waals surface area contributed by atoms with Crippen molar-refractivity contribution in [1.29, 1.82) is 0 Å². The van der Waals surface area contributed by atoms with Crippen molar-refractivity contribution < 1.29 is 13.9 Å². The highest BCUT2D eigenvalue weighted by molar-refractivity contribution is 7.99. The quantitative estimate of drug-likeness (QED) is 0.429. The van der Waals surface area contributed by atoms with Crippen molar-refractivity contribution in [3.63, 3.8) is 0 Å². The third-order valence-electron chi connectivity index (χ3n) is 4.80. The van der Waals surface area contributed by atoms with Crippen molar-refractivity contribution in [3.8, 4) is 5.75 Å². The average molecular weight is 443 g/mol. The van der Waals surface area contributed by atoms with E-state index >= 15 is 0 Å². The van der Waals surface area contributed by atoms with Gasteiger partial charge in [-0.25, -0.2) is 0 Å². The standard InChI is InChI=1S/C23H30N4O3S/c1-16(2)27(17(3)4)22(28)15-31-23-25-24-21(26(23)13-20-7-6-12-29-20)14-30-19-10-8-18(5)9-11-19/h6-12,16-17H,13-15H2,1-5H3. The molecule has 3 rings (SSSR count). The number of hydrogen-bond acceptors (Lipinski definition) is 6. The molecule has 0 saturated heterocycles. The first-order valence-electron chi connectivity index (χ1n) is 10.4. The number of ether oxygens (including phenoxy) is 1. The molecule has 0 spiro atoms. The highest BCUT2D eigenvalue weighted by Crippen LogP contribution is 2.22. The molecule has 0 fully saturated rings. The van der Waals surface area contributed by atoms with Crippen molar-refractivity contribution in [3.05, 3.63) is 59.8 Å². The Morgan fingerprint density at radius 2 is 1.84 bits per heavy atom. The number of nitrogens with zero attached hydrogens (tertiary/aromatic N) is 4. The van der Waals surface area contributed by atoms with Gasteiger partial charge in [-0.3, -0.25) is 9.36 Å². The fourth-order valence-corrected chi connectivity index (χ4v) is 4.23. The zero-order valence-corrected chi connectivity index (χ0v) is 19.6. The summed E-state index contributed by atoms with van der Waals surface area (Å²) in [4.78, 5) is 14.7. The monoisotopic (exact) mass is 442 g/mol. The molecular weight excluding hydrogens is 412 g/mol. The maximum absolute atomic E-state index is 12.8. The first-order chi connectivity index (χ1) is 14.8. The number of furan rings is 1. The normalized spacial score (nSPS) is 11.3. The summed E-state index contributed by atoms with van der Waals surface area (Å²) in [6, 6.07) is 11.9. The lowest BCUT2D eigenvalue weighted by atomic mass is 10.2. The zero-order valence-electron chi connectivity index (χ0n) is 18.7. The van der Waals surface area contributed by atoms with E-state index in [9.17, 15) is 4.79 Å². The van der Waals surface area contributed by atoms with Crippen LogP contribution in [0.2, 0.25) is 0 Å². The van der Waals surface area contributed by atoms with E-state index in [4.69, 9.17) is 9.15 Å². The molecule has 1 amide bonds. The van der Waals surface area contributed by atoms with Crippen LogP contribution in [0.5, 0.6) is 5.75 Å². The molecule has 8 heteroatoms. The van der Waals surface area contributed by atoms with Crippen molar-refractivity contribution in [2.45, 2.75) is 65.0 Å². The van der Waals surface area contributed by atoms with Gasteiger partial charge >= 0.3 is 0 Å². The van der Waals surface area contributed by atoms with Gasteiger partial charge in [-0.2, -0.15) is 0 Å². The first kappa shape index (κ1) is 22.9. The van der Waals surface area contributed by atoms with E-state index in [-0.39, 0.29) is 24.6 Å². The fraction of sp³-hybridized carbons (Fsp3) is 0.435. The van der Waals surface area contributed by atoms with E-state index in [1.807, 2.05) is 80.5 Å². The zero-order chi connectivity index (χ0) is 22.4. The summed E-state index contributed by atoms with van der Waals surface area (Å²) in [5, 5.41) is 9.32. The van der Waals surface area contributed by atoms with Crippen molar-refractivity contribution in [2.24, 2.45) is 0 Å². The molecule has 2 heterocycles. The predicted octanol–water partition coefficient (Wildman–Crippen LogP) is 4.54. The number of carbonyl (C=O) groups excluding carboxylic acids is 1. The minimum Gasteiger partial charge on any atom is -0.486 e. The largest absolute Gasteiger partial charge is 0.486 e. The Balaban J connectivity index is 1.74. The van der Waals surface area contributed by atoms with Crippen LogP contribution >= 0.6 is 11.8 Å². The molecule has 31 heavy (non-hydrogen) atoms. The van der Waals surface area contributed by atoms with Crippen LogP contribution in [0.15, 0.2) is 52.2 Å². The van der Waals surface area contributed by atoms with E-state index in [0.717, 1.165) is 11.5 Å². The van der Waals surface area contributed by atoms with Crippen LogP contribution < -0.4 is 4.74 Å². The van der Waals surface area contributed by atoms with Gasteiger partial charge in [0.15, 0.2) is 11.0 Å². The molecule has 0 bridgehead atoms. The molecule has 166 valence electrons. The number of aryl methyl sites for hydroxylation is 1. The van der Waals surface area contributed by atoms with Crippen LogP contribution in [0, 0.1) is 6.92 Å². The summed E-state index contributed by atoms with van der Waals surface area (Å²) in [6.07, 6.45) is 1.64. The Morgan fingerprint density at radius 3 is 2.45 bits per heavy atom. The predicted molar refractivity (Wildman–Crippen MR) is 121 cm³/mol. The van der Waals surface area contributed by atoms with Gasteiger partial charge in [0.1, 0.15) is 18.1 Å². The smallest absolute Gasteiger partial charge is 0.233 e. The van der Waals surface area contributed by atoms with Crippen LogP contribution in [0.25, 0.3) is 0 Å². The Hall–Kier alpha value is -2.74. The molecule has 1 aromatic carbocycles. The summed E-state index contributed by atoms with van der Waals surface area (Å²) in [6.45, 7) is 10.9. The number of hydrogen-bond donors (Lipinski definition) is 0. The first-order valence-corrected chi connectivity index (χ1v) is 11.4. The second-order valence-corrected chi connectivity index (χ2v) is 8.89. The maximum Gasteiger partial charge on any atom is 0.233 e. The lowest BCUT2D eigenvalue weighted by molar-refractivity contribution is -0.131. The Kier molecular flexibility index (Phi) is 7.79. The highest BCUT2D eigenvalue weighted by Gasteiger charge is 2.22. The van der Waals surface area contributed by atoms with E-state index < -0.39 is 0 Å². The molecule has 3 aromatic rings. The van der Waals surface area contributed by atoms with Crippen LogP contribution in [0.3, 0.4) is 0 Å². The molecule has 7 nitrogen and oxygen atoms in total. The molecule has 2 aromatic heterocycles. The second kappa shape index (κ2) is 10.5. The molecule has 0 radical (unpaired) electrons. The lowest BCUT2D eigenvalue weighted by Crippen LogP contribution is -2.43. The number of carbonyl (C=O) groups is 1. The third kappa shape index (κ3) is 6.13. The number of thioether (sulfide) groups is 1. The number of amides is 1. The number of aromatic nitrogens is 3.